The van der Waals surface area contributed by atoms with E-state index in [-0.39, 0.29) is 0 Å². The fourth-order valence-corrected chi connectivity index (χ4v) is 3.45. The molecule has 30 heavy (non-hydrogen) atoms. The molecule has 0 aliphatic carbocycles. The number of aromatic amines is 1. The Morgan fingerprint density at radius 2 is 1.73 bits per heavy atom. The quantitative estimate of drug-likeness (QED) is 0.492. The van der Waals surface area contributed by atoms with Gasteiger partial charge in [-0.05, 0) is 44.9 Å². The molecule has 0 aliphatic heterocycles. The Hall–Kier alpha value is -3.54. The molecule has 0 radical (unpaired) electrons. The summed E-state index contributed by atoms with van der Waals surface area (Å²) >= 11 is 0. The van der Waals surface area contributed by atoms with Crippen molar-refractivity contribution in [1.82, 2.24) is 25.1 Å². The molecule has 0 aliphatic rings. The second kappa shape index (κ2) is 8.86. The van der Waals surface area contributed by atoms with E-state index in [1.54, 1.807) is 6.20 Å². The summed E-state index contributed by atoms with van der Waals surface area (Å²) in [6, 6.07) is 18.2. The Labute approximate surface area is 177 Å². The minimum absolute atomic E-state index is 0.668. The van der Waals surface area contributed by atoms with Gasteiger partial charge in [0.1, 0.15) is 11.5 Å². The highest BCUT2D eigenvalue weighted by atomic mass is 15.2. The minimum atomic E-state index is 0.668. The summed E-state index contributed by atoms with van der Waals surface area (Å²) in [4.78, 5) is 16.0. The summed E-state index contributed by atoms with van der Waals surface area (Å²) < 4.78 is 0. The molecule has 0 amide bonds. The number of H-pyrrole nitrogens is 1. The number of benzene rings is 1. The number of hydrogen-bond acceptors (Lipinski definition) is 5. The van der Waals surface area contributed by atoms with Gasteiger partial charge in [-0.3, -0.25) is 10.1 Å². The van der Waals surface area contributed by atoms with Gasteiger partial charge in [-0.15, -0.1) is 0 Å². The number of aryl methyl sites for hydroxylation is 2. The lowest BCUT2D eigenvalue weighted by atomic mass is 10.1. The average Bonchev–Trinajstić information content (AvgIpc) is 3.25. The largest absolute Gasteiger partial charge is 0.359 e. The molecule has 4 rings (SSSR count). The highest BCUT2D eigenvalue weighted by Crippen LogP contribution is 2.23. The van der Waals surface area contributed by atoms with E-state index in [2.05, 4.69) is 57.2 Å². The van der Waals surface area contributed by atoms with Crippen molar-refractivity contribution >= 4 is 5.82 Å². The van der Waals surface area contributed by atoms with Crippen molar-refractivity contribution in [2.45, 2.75) is 26.7 Å². The van der Waals surface area contributed by atoms with E-state index in [9.17, 15) is 0 Å². The summed E-state index contributed by atoms with van der Waals surface area (Å²) in [6.07, 6.45) is 3.69. The van der Waals surface area contributed by atoms with Crippen molar-refractivity contribution in [3.05, 3.63) is 77.7 Å². The summed E-state index contributed by atoms with van der Waals surface area (Å²) in [7, 11) is 2.08. The van der Waals surface area contributed by atoms with E-state index in [1.165, 1.54) is 0 Å². The van der Waals surface area contributed by atoms with Crippen molar-refractivity contribution in [2.24, 2.45) is 0 Å². The summed E-state index contributed by atoms with van der Waals surface area (Å²) in [5, 5.41) is 7.61. The van der Waals surface area contributed by atoms with Crippen LogP contribution in [0.2, 0.25) is 0 Å². The Bertz CT molecular complexity index is 1110. The Morgan fingerprint density at radius 3 is 2.50 bits per heavy atom. The molecule has 4 aromatic rings. The van der Waals surface area contributed by atoms with Crippen LogP contribution < -0.4 is 4.90 Å². The van der Waals surface area contributed by atoms with Crippen LogP contribution in [0.1, 0.15) is 23.4 Å². The van der Waals surface area contributed by atoms with Gasteiger partial charge in [0.2, 0.25) is 0 Å². The van der Waals surface area contributed by atoms with Crippen LogP contribution in [0.4, 0.5) is 5.82 Å². The normalized spacial score (nSPS) is 10.9. The van der Waals surface area contributed by atoms with Crippen LogP contribution in [0, 0.1) is 13.8 Å². The molecule has 1 N–H and O–H groups in total. The highest BCUT2D eigenvalue weighted by molar-refractivity contribution is 5.59. The molecule has 0 atom stereocenters. The number of hydrogen-bond donors (Lipinski definition) is 1. The molecule has 3 heterocycles. The molecule has 0 spiro atoms. The Kier molecular flexibility index (Phi) is 5.84. The fraction of sp³-hybridized carbons (Fsp3) is 0.250. The molecule has 3 aromatic heterocycles. The standard InChI is InChI=1S/C24H26N6/c1-17-18(2)26-23(21-13-7-8-14-25-21)27-24(17)30(3)15-9-12-20-16-22(29-28-20)19-10-5-4-6-11-19/h4-8,10-11,13-14,16H,9,12,15H2,1-3H3,(H,28,29). The van der Waals surface area contributed by atoms with E-state index >= 15 is 0 Å². The van der Waals surface area contributed by atoms with Crippen molar-refractivity contribution in [2.75, 3.05) is 18.5 Å². The summed E-state index contributed by atoms with van der Waals surface area (Å²) in [5.41, 5.74) is 6.14. The molecule has 152 valence electrons. The zero-order valence-corrected chi connectivity index (χ0v) is 17.6. The molecular weight excluding hydrogens is 372 g/mol. The molecule has 0 bridgehead atoms. The van der Waals surface area contributed by atoms with Crippen LogP contribution in [-0.2, 0) is 6.42 Å². The fourth-order valence-electron chi connectivity index (χ4n) is 3.45. The van der Waals surface area contributed by atoms with Crippen LogP contribution in [0.25, 0.3) is 22.8 Å². The van der Waals surface area contributed by atoms with Gasteiger partial charge in [0.15, 0.2) is 5.82 Å². The first-order chi connectivity index (χ1) is 14.6. The maximum absolute atomic E-state index is 4.80. The van der Waals surface area contributed by atoms with Crippen molar-refractivity contribution in [3.63, 3.8) is 0 Å². The van der Waals surface area contributed by atoms with Gasteiger partial charge in [0.05, 0.1) is 5.69 Å². The van der Waals surface area contributed by atoms with Crippen molar-refractivity contribution in [3.8, 4) is 22.8 Å². The third-order valence-corrected chi connectivity index (χ3v) is 5.26. The summed E-state index contributed by atoms with van der Waals surface area (Å²) in [5.74, 6) is 1.62. The van der Waals surface area contributed by atoms with Gasteiger partial charge in [0, 0.05) is 42.3 Å². The predicted octanol–water partition coefficient (Wildman–Crippen LogP) is 4.61. The lowest BCUT2D eigenvalue weighted by Crippen LogP contribution is -2.22. The number of nitrogens with zero attached hydrogens (tertiary/aromatic N) is 5. The molecular formula is C24H26N6. The van der Waals surface area contributed by atoms with Crippen LogP contribution >= 0.6 is 0 Å². The maximum Gasteiger partial charge on any atom is 0.180 e. The first-order valence-electron chi connectivity index (χ1n) is 10.2. The second-order valence-electron chi connectivity index (χ2n) is 7.47. The highest BCUT2D eigenvalue weighted by Gasteiger charge is 2.14. The smallest absolute Gasteiger partial charge is 0.180 e. The van der Waals surface area contributed by atoms with Crippen LogP contribution in [-0.4, -0.2) is 38.7 Å². The number of anilines is 1. The van der Waals surface area contributed by atoms with Gasteiger partial charge in [-0.25, -0.2) is 9.97 Å². The topological polar surface area (TPSA) is 70.6 Å². The Morgan fingerprint density at radius 1 is 0.933 bits per heavy atom. The minimum Gasteiger partial charge on any atom is -0.359 e. The van der Waals surface area contributed by atoms with Gasteiger partial charge >= 0.3 is 0 Å². The molecule has 0 fully saturated rings. The summed E-state index contributed by atoms with van der Waals surface area (Å²) in [6.45, 7) is 4.99. The maximum atomic E-state index is 4.80. The van der Waals surface area contributed by atoms with E-state index in [0.29, 0.717) is 5.82 Å². The number of nitrogens with one attached hydrogen (secondary N) is 1. The molecule has 0 saturated carbocycles. The first kappa shape index (κ1) is 19.8. The molecule has 6 heteroatoms. The molecule has 1 aromatic carbocycles. The van der Waals surface area contributed by atoms with Gasteiger partial charge in [-0.2, -0.15) is 5.10 Å². The van der Waals surface area contributed by atoms with E-state index < -0.39 is 0 Å². The number of aromatic nitrogens is 5. The van der Waals surface area contributed by atoms with E-state index in [1.807, 2.05) is 43.3 Å². The first-order valence-corrected chi connectivity index (χ1v) is 10.2. The van der Waals surface area contributed by atoms with Crippen molar-refractivity contribution < 1.29 is 0 Å². The molecule has 6 nitrogen and oxygen atoms in total. The van der Waals surface area contributed by atoms with Crippen LogP contribution in [0.3, 0.4) is 0 Å². The SMILES string of the molecule is Cc1nc(-c2ccccn2)nc(N(C)CCCc2cc(-c3ccccc3)n[nH]2)c1C. The van der Waals surface area contributed by atoms with Crippen LogP contribution in [0.15, 0.2) is 60.8 Å². The number of pyridine rings is 1. The van der Waals surface area contributed by atoms with Crippen molar-refractivity contribution in [1.29, 1.82) is 0 Å². The Balaban J connectivity index is 1.43. The lowest BCUT2D eigenvalue weighted by molar-refractivity contribution is 0.756. The second-order valence-corrected chi connectivity index (χ2v) is 7.47. The third kappa shape index (κ3) is 4.38. The van der Waals surface area contributed by atoms with Gasteiger partial charge in [0.25, 0.3) is 0 Å². The van der Waals surface area contributed by atoms with Gasteiger partial charge in [-0.1, -0.05) is 36.4 Å². The zero-order valence-electron chi connectivity index (χ0n) is 17.6. The van der Waals surface area contributed by atoms with Crippen LogP contribution in [0.5, 0.6) is 0 Å². The van der Waals surface area contributed by atoms with Gasteiger partial charge < -0.3 is 4.90 Å². The van der Waals surface area contributed by atoms with E-state index in [0.717, 1.165) is 59.1 Å². The molecule has 0 saturated heterocycles. The predicted molar refractivity (Wildman–Crippen MR) is 120 cm³/mol. The van der Waals surface area contributed by atoms with E-state index in [4.69, 9.17) is 4.98 Å². The average molecular weight is 399 g/mol. The zero-order chi connectivity index (χ0) is 20.9. The third-order valence-electron chi connectivity index (χ3n) is 5.26. The number of rotatable bonds is 7. The lowest BCUT2D eigenvalue weighted by Gasteiger charge is -2.21. The monoisotopic (exact) mass is 398 g/mol. The molecule has 0 unspecified atom stereocenters.